The van der Waals surface area contributed by atoms with E-state index in [2.05, 4.69) is 27.7 Å². The molecule has 0 unspecified atom stereocenters. The second-order valence-electron chi connectivity index (χ2n) is 13.8. The van der Waals surface area contributed by atoms with E-state index in [-0.39, 0.29) is 23.3 Å². The van der Waals surface area contributed by atoms with Crippen molar-refractivity contribution in [3.63, 3.8) is 0 Å². The Morgan fingerprint density at radius 3 is 2.50 bits per heavy atom. The molecule has 4 aliphatic carbocycles. The van der Waals surface area contributed by atoms with Gasteiger partial charge < -0.3 is 19.3 Å². The summed E-state index contributed by atoms with van der Waals surface area (Å²) in [7, 11) is 0. The standard InChI is InChI=1S/C29H46O5/c1-16-8-11-29(32-15-16)17(2)26-24(34-29)13-22-20-7-6-19-12-23(31)25(33-18(3)30)14-28(19,5)21(20)9-10-27(22,26)4/h16-17,19-26,31H,6-15H2,1-5H3/t16-,17+,19+,20-,21+,22+,23+,24+,25+,26+,27+,28+,29-/m1/s1. The minimum atomic E-state index is -0.512. The SMILES string of the molecule is CC(=O)O[C@H]1C[C@@]2(C)[C@@H](CC[C@@H]3[C@@H]2CC[C@]2(C)[C@@H]4[C@H](C[C@@H]32)O[C@]2(CC[C@@H](C)CO2)[C@H]4C)C[C@@H]1O. The third-order valence-electron chi connectivity index (χ3n) is 12.2. The third kappa shape index (κ3) is 3.24. The van der Waals surface area contributed by atoms with Gasteiger partial charge in [-0.25, -0.2) is 0 Å². The van der Waals surface area contributed by atoms with E-state index in [1.54, 1.807) is 0 Å². The second-order valence-corrected chi connectivity index (χ2v) is 13.8. The van der Waals surface area contributed by atoms with Gasteiger partial charge in [-0.05, 0) is 97.7 Å². The smallest absolute Gasteiger partial charge is 0.302 e. The zero-order valence-corrected chi connectivity index (χ0v) is 21.9. The Labute approximate surface area is 205 Å². The number of carbonyl (C=O) groups is 1. The van der Waals surface area contributed by atoms with Crippen LogP contribution in [-0.4, -0.2) is 41.8 Å². The predicted molar refractivity (Wildman–Crippen MR) is 129 cm³/mol. The van der Waals surface area contributed by atoms with Crippen LogP contribution in [0.2, 0.25) is 0 Å². The minimum Gasteiger partial charge on any atom is -0.460 e. The van der Waals surface area contributed by atoms with Crippen LogP contribution >= 0.6 is 0 Å². The van der Waals surface area contributed by atoms with Gasteiger partial charge in [-0.2, -0.15) is 0 Å². The number of ether oxygens (including phenoxy) is 3. The van der Waals surface area contributed by atoms with Crippen LogP contribution in [0.4, 0.5) is 0 Å². The normalized spacial score (nSPS) is 58.5. The van der Waals surface area contributed by atoms with E-state index >= 15 is 0 Å². The number of esters is 1. The van der Waals surface area contributed by atoms with Crippen LogP contribution < -0.4 is 0 Å². The Balaban J connectivity index is 1.24. The summed E-state index contributed by atoms with van der Waals surface area (Å²) < 4.78 is 19.0. The molecule has 1 spiro atoms. The summed E-state index contributed by atoms with van der Waals surface area (Å²) in [6.07, 6.45) is 9.53. The Morgan fingerprint density at radius 2 is 1.79 bits per heavy atom. The Kier molecular flexibility index (Phi) is 5.53. The number of carbonyl (C=O) groups excluding carboxylic acids is 1. The summed E-state index contributed by atoms with van der Waals surface area (Å²) in [5, 5.41) is 10.7. The average molecular weight is 475 g/mol. The molecule has 4 saturated carbocycles. The molecule has 5 heteroatoms. The third-order valence-corrected chi connectivity index (χ3v) is 12.2. The second kappa shape index (κ2) is 7.92. The van der Waals surface area contributed by atoms with Crippen molar-refractivity contribution in [2.24, 2.45) is 52.3 Å². The lowest BCUT2D eigenvalue weighted by Gasteiger charge is -2.62. The van der Waals surface area contributed by atoms with Gasteiger partial charge in [0, 0.05) is 19.3 Å². The minimum absolute atomic E-state index is 0.150. The summed E-state index contributed by atoms with van der Waals surface area (Å²) in [6.45, 7) is 12.1. The number of fused-ring (bicyclic) bond motifs is 7. The van der Waals surface area contributed by atoms with E-state index in [0.29, 0.717) is 47.0 Å². The van der Waals surface area contributed by atoms with E-state index in [9.17, 15) is 9.90 Å². The first-order valence-electron chi connectivity index (χ1n) is 14.2. The highest BCUT2D eigenvalue weighted by molar-refractivity contribution is 5.66. The summed E-state index contributed by atoms with van der Waals surface area (Å²) in [5.41, 5.74) is 0.478. The lowest BCUT2D eigenvalue weighted by Crippen LogP contribution is -2.57. The van der Waals surface area contributed by atoms with Crippen LogP contribution in [0.25, 0.3) is 0 Å². The first-order chi connectivity index (χ1) is 16.1. The molecular formula is C29H46O5. The van der Waals surface area contributed by atoms with Gasteiger partial charge in [0.15, 0.2) is 5.79 Å². The van der Waals surface area contributed by atoms with Crippen LogP contribution in [0.5, 0.6) is 0 Å². The van der Waals surface area contributed by atoms with Gasteiger partial charge in [0.2, 0.25) is 0 Å². The molecule has 0 bridgehead atoms. The molecule has 6 aliphatic rings. The van der Waals surface area contributed by atoms with Crippen molar-refractivity contribution in [3.8, 4) is 0 Å². The van der Waals surface area contributed by atoms with Crippen LogP contribution in [0, 0.1) is 52.3 Å². The van der Waals surface area contributed by atoms with Gasteiger partial charge in [0.25, 0.3) is 0 Å². The van der Waals surface area contributed by atoms with Crippen molar-refractivity contribution in [3.05, 3.63) is 0 Å². The van der Waals surface area contributed by atoms with Crippen LogP contribution in [0.3, 0.4) is 0 Å². The van der Waals surface area contributed by atoms with Crippen molar-refractivity contribution in [1.82, 2.24) is 0 Å². The summed E-state index contributed by atoms with van der Waals surface area (Å²) in [4.78, 5) is 11.7. The van der Waals surface area contributed by atoms with Gasteiger partial charge >= 0.3 is 5.97 Å². The molecule has 34 heavy (non-hydrogen) atoms. The highest BCUT2D eigenvalue weighted by Gasteiger charge is 2.69. The molecule has 0 aromatic rings. The van der Waals surface area contributed by atoms with E-state index in [1.165, 1.54) is 45.4 Å². The van der Waals surface area contributed by atoms with Gasteiger partial charge in [-0.3, -0.25) is 4.79 Å². The van der Waals surface area contributed by atoms with Gasteiger partial charge in [0.1, 0.15) is 6.10 Å². The molecule has 2 heterocycles. The van der Waals surface area contributed by atoms with E-state index < -0.39 is 6.10 Å². The van der Waals surface area contributed by atoms with Gasteiger partial charge in [-0.15, -0.1) is 0 Å². The number of hydrogen-bond donors (Lipinski definition) is 1. The van der Waals surface area contributed by atoms with Crippen LogP contribution in [0.15, 0.2) is 0 Å². The molecule has 0 aromatic carbocycles. The largest absolute Gasteiger partial charge is 0.460 e. The monoisotopic (exact) mass is 474 g/mol. The molecular weight excluding hydrogens is 428 g/mol. The zero-order valence-electron chi connectivity index (χ0n) is 21.9. The quantitative estimate of drug-likeness (QED) is 0.520. The topological polar surface area (TPSA) is 65.0 Å². The molecule has 0 aromatic heterocycles. The fourth-order valence-electron chi connectivity index (χ4n) is 10.6. The lowest BCUT2D eigenvalue weighted by atomic mass is 9.44. The molecule has 0 amide bonds. The van der Waals surface area contributed by atoms with Crippen molar-refractivity contribution in [2.45, 2.75) is 117 Å². The van der Waals surface area contributed by atoms with Crippen LogP contribution in [0.1, 0.15) is 92.4 Å². The first-order valence-corrected chi connectivity index (χ1v) is 14.2. The Bertz CT molecular complexity index is 819. The maximum atomic E-state index is 11.7. The predicted octanol–water partition coefficient (Wildman–Crippen LogP) is 5.34. The van der Waals surface area contributed by atoms with E-state index in [4.69, 9.17) is 14.2 Å². The molecule has 1 N–H and O–H groups in total. The van der Waals surface area contributed by atoms with Crippen LogP contribution in [-0.2, 0) is 19.0 Å². The molecule has 0 radical (unpaired) electrons. The number of aliphatic hydroxyl groups excluding tert-OH is 1. The summed E-state index contributed by atoms with van der Waals surface area (Å²) in [6, 6.07) is 0. The highest BCUT2D eigenvalue weighted by Crippen LogP contribution is 2.71. The van der Waals surface area contributed by atoms with Crippen molar-refractivity contribution in [2.75, 3.05) is 6.61 Å². The van der Waals surface area contributed by atoms with Crippen molar-refractivity contribution in [1.29, 1.82) is 0 Å². The van der Waals surface area contributed by atoms with Crippen molar-refractivity contribution >= 4 is 5.97 Å². The maximum absolute atomic E-state index is 11.7. The molecule has 2 saturated heterocycles. The number of rotatable bonds is 1. The maximum Gasteiger partial charge on any atom is 0.302 e. The van der Waals surface area contributed by atoms with Gasteiger partial charge in [-0.1, -0.05) is 27.7 Å². The Morgan fingerprint density at radius 1 is 1.00 bits per heavy atom. The summed E-state index contributed by atoms with van der Waals surface area (Å²) >= 11 is 0. The Hall–Kier alpha value is -0.650. The van der Waals surface area contributed by atoms with E-state index in [1.807, 2.05) is 0 Å². The molecule has 192 valence electrons. The number of aliphatic hydroxyl groups is 1. The van der Waals surface area contributed by atoms with Gasteiger partial charge in [0.05, 0.1) is 18.8 Å². The van der Waals surface area contributed by atoms with Crippen molar-refractivity contribution < 1.29 is 24.1 Å². The highest BCUT2D eigenvalue weighted by atomic mass is 16.7. The first kappa shape index (κ1) is 23.7. The number of hydrogen-bond acceptors (Lipinski definition) is 5. The lowest BCUT2D eigenvalue weighted by molar-refractivity contribution is -0.273. The molecule has 6 fully saturated rings. The molecule has 6 rings (SSSR count). The zero-order chi connectivity index (χ0) is 24.0. The average Bonchev–Trinajstić information content (AvgIpc) is 3.21. The molecule has 5 nitrogen and oxygen atoms in total. The fraction of sp³-hybridized carbons (Fsp3) is 0.966. The summed E-state index contributed by atoms with van der Waals surface area (Å²) in [5.74, 6) is 3.72. The molecule has 2 aliphatic heterocycles. The molecule has 13 atom stereocenters. The van der Waals surface area contributed by atoms with E-state index in [0.717, 1.165) is 31.8 Å². The fourth-order valence-corrected chi connectivity index (χ4v) is 10.6.